The van der Waals surface area contributed by atoms with Crippen molar-refractivity contribution in [3.8, 4) is 0 Å². The van der Waals surface area contributed by atoms with Crippen LogP contribution in [0, 0.1) is 0 Å². The lowest BCUT2D eigenvalue weighted by Gasteiger charge is -2.21. The van der Waals surface area contributed by atoms with Crippen LogP contribution in [0.4, 0.5) is 0 Å². The number of hydrogen-bond donors (Lipinski definition) is 1. The molecule has 0 aliphatic heterocycles. The van der Waals surface area contributed by atoms with Gasteiger partial charge in [0.25, 0.3) is 0 Å². The highest BCUT2D eigenvalue weighted by Crippen LogP contribution is 2.33. The molecule has 0 heterocycles. The lowest BCUT2D eigenvalue weighted by Crippen LogP contribution is -2.23. The zero-order valence-corrected chi connectivity index (χ0v) is 11.8. The van der Waals surface area contributed by atoms with Crippen LogP contribution < -0.4 is 5.32 Å². The third kappa shape index (κ3) is 2.54. The number of nitrogens with one attached hydrogen (secondary N) is 1. The molecule has 0 bridgehead atoms. The minimum absolute atomic E-state index is 0.268. The van der Waals surface area contributed by atoms with Gasteiger partial charge in [0.05, 0.1) is 0 Å². The second kappa shape index (κ2) is 5.36. The van der Waals surface area contributed by atoms with Crippen molar-refractivity contribution >= 4 is 11.6 Å². The quantitative estimate of drug-likeness (QED) is 0.855. The van der Waals surface area contributed by atoms with Crippen LogP contribution in [0.15, 0.2) is 48.5 Å². The molecule has 2 unspecified atom stereocenters. The Bertz CT molecular complexity index is 579. The number of halogens is 1. The number of hydrogen-bond acceptors (Lipinski definition) is 1. The average molecular weight is 272 g/mol. The van der Waals surface area contributed by atoms with Gasteiger partial charge in [-0.2, -0.15) is 0 Å². The van der Waals surface area contributed by atoms with Crippen LogP contribution in [-0.2, 0) is 6.42 Å². The Morgan fingerprint density at radius 3 is 2.68 bits per heavy atom. The first-order chi connectivity index (χ1) is 9.25. The number of aryl methyl sites for hydroxylation is 1. The van der Waals surface area contributed by atoms with Crippen LogP contribution in [0.1, 0.15) is 42.1 Å². The lowest BCUT2D eigenvalue weighted by atomic mass is 10.0. The maximum atomic E-state index is 6.26. The van der Waals surface area contributed by atoms with Gasteiger partial charge in [-0.3, -0.25) is 0 Å². The zero-order chi connectivity index (χ0) is 13.2. The first-order valence-electron chi connectivity index (χ1n) is 6.84. The molecule has 2 atom stereocenters. The first-order valence-corrected chi connectivity index (χ1v) is 7.22. The molecule has 3 rings (SSSR count). The topological polar surface area (TPSA) is 12.0 Å². The van der Waals surface area contributed by atoms with Crippen LogP contribution in [0.25, 0.3) is 0 Å². The van der Waals surface area contributed by atoms with Crippen molar-refractivity contribution in [1.82, 2.24) is 5.32 Å². The van der Waals surface area contributed by atoms with Crippen molar-refractivity contribution in [1.29, 1.82) is 0 Å². The van der Waals surface area contributed by atoms with Crippen molar-refractivity contribution < 1.29 is 0 Å². The summed E-state index contributed by atoms with van der Waals surface area (Å²) in [6.45, 7) is 2.18. The van der Waals surface area contributed by atoms with E-state index in [0.29, 0.717) is 6.04 Å². The third-order valence-corrected chi connectivity index (χ3v) is 4.30. The standard InChI is InChI=1S/C17H18ClN/c1-12(14-7-4-5-9-16(14)18)19-17-11-10-13-6-2-3-8-15(13)17/h2-9,12,17,19H,10-11H2,1H3. The van der Waals surface area contributed by atoms with E-state index < -0.39 is 0 Å². The van der Waals surface area contributed by atoms with Gasteiger partial charge in [-0.25, -0.2) is 0 Å². The highest BCUT2D eigenvalue weighted by atomic mass is 35.5. The molecule has 0 saturated heterocycles. The van der Waals surface area contributed by atoms with Gasteiger partial charge in [0.1, 0.15) is 0 Å². The molecule has 1 aliphatic carbocycles. The maximum Gasteiger partial charge on any atom is 0.0453 e. The molecule has 1 nitrogen and oxygen atoms in total. The number of fused-ring (bicyclic) bond motifs is 1. The van der Waals surface area contributed by atoms with Crippen LogP contribution in [0.3, 0.4) is 0 Å². The molecule has 0 saturated carbocycles. The van der Waals surface area contributed by atoms with Crippen LogP contribution in [-0.4, -0.2) is 0 Å². The summed E-state index contributed by atoms with van der Waals surface area (Å²) in [6, 6.07) is 17.5. The van der Waals surface area contributed by atoms with E-state index >= 15 is 0 Å². The van der Waals surface area contributed by atoms with E-state index in [2.05, 4.69) is 42.6 Å². The zero-order valence-electron chi connectivity index (χ0n) is 11.1. The molecule has 19 heavy (non-hydrogen) atoms. The number of rotatable bonds is 3. The second-order valence-electron chi connectivity index (χ2n) is 5.20. The van der Waals surface area contributed by atoms with Crippen molar-refractivity contribution in [2.45, 2.75) is 31.8 Å². The largest absolute Gasteiger partial charge is 0.303 e. The SMILES string of the molecule is CC(NC1CCc2ccccc21)c1ccccc1Cl. The summed E-state index contributed by atoms with van der Waals surface area (Å²) in [5, 5.41) is 4.55. The van der Waals surface area contributed by atoms with Gasteiger partial charge in [0, 0.05) is 17.1 Å². The molecular formula is C17H18ClN. The van der Waals surface area contributed by atoms with Crippen molar-refractivity contribution in [3.05, 3.63) is 70.2 Å². The summed E-state index contributed by atoms with van der Waals surface area (Å²) in [5.41, 5.74) is 4.10. The van der Waals surface area contributed by atoms with E-state index in [-0.39, 0.29) is 6.04 Å². The number of benzene rings is 2. The Kier molecular flexibility index (Phi) is 3.58. The Morgan fingerprint density at radius 2 is 1.84 bits per heavy atom. The molecule has 1 aliphatic rings. The fourth-order valence-corrected chi connectivity index (χ4v) is 3.25. The van der Waals surface area contributed by atoms with E-state index in [0.717, 1.165) is 5.02 Å². The monoisotopic (exact) mass is 271 g/mol. The highest BCUT2D eigenvalue weighted by Gasteiger charge is 2.23. The fourth-order valence-electron chi connectivity index (χ4n) is 2.95. The van der Waals surface area contributed by atoms with Gasteiger partial charge in [-0.15, -0.1) is 0 Å². The smallest absolute Gasteiger partial charge is 0.0453 e. The second-order valence-corrected chi connectivity index (χ2v) is 5.61. The summed E-state index contributed by atoms with van der Waals surface area (Å²) in [4.78, 5) is 0. The molecule has 0 fully saturated rings. The predicted octanol–water partition coefficient (Wildman–Crippen LogP) is 4.68. The van der Waals surface area contributed by atoms with E-state index in [1.807, 2.05) is 18.2 Å². The van der Waals surface area contributed by atoms with E-state index in [1.165, 1.54) is 29.5 Å². The summed E-state index contributed by atoms with van der Waals surface area (Å²) >= 11 is 6.26. The maximum absolute atomic E-state index is 6.26. The average Bonchev–Trinajstić information content (AvgIpc) is 2.83. The molecule has 2 aromatic rings. The van der Waals surface area contributed by atoms with Gasteiger partial charge >= 0.3 is 0 Å². The van der Waals surface area contributed by atoms with E-state index in [4.69, 9.17) is 11.6 Å². The third-order valence-electron chi connectivity index (χ3n) is 3.96. The molecule has 1 N–H and O–H groups in total. The molecule has 0 amide bonds. The molecule has 0 spiro atoms. The van der Waals surface area contributed by atoms with Crippen LogP contribution in [0.5, 0.6) is 0 Å². The van der Waals surface area contributed by atoms with E-state index in [9.17, 15) is 0 Å². The molecule has 2 aromatic carbocycles. The Morgan fingerprint density at radius 1 is 1.11 bits per heavy atom. The van der Waals surface area contributed by atoms with Crippen LogP contribution in [0.2, 0.25) is 5.02 Å². The van der Waals surface area contributed by atoms with Gasteiger partial charge in [-0.05, 0) is 42.5 Å². The van der Waals surface area contributed by atoms with Crippen molar-refractivity contribution in [3.63, 3.8) is 0 Å². The summed E-state index contributed by atoms with van der Waals surface area (Å²) in [5.74, 6) is 0. The van der Waals surface area contributed by atoms with Crippen molar-refractivity contribution in [2.24, 2.45) is 0 Å². The van der Waals surface area contributed by atoms with Gasteiger partial charge in [-0.1, -0.05) is 54.1 Å². The Hall–Kier alpha value is -1.31. The minimum atomic E-state index is 0.268. The van der Waals surface area contributed by atoms with Crippen LogP contribution >= 0.6 is 11.6 Å². The normalized spacial score (nSPS) is 19.2. The molecule has 0 radical (unpaired) electrons. The summed E-state index contributed by atoms with van der Waals surface area (Å²) in [7, 11) is 0. The Balaban J connectivity index is 1.78. The van der Waals surface area contributed by atoms with Crippen molar-refractivity contribution in [2.75, 3.05) is 0 Å². The Labute approximate surface area is 119 Å². The predicted molar refractivity (Wildman–Crippen MR) is 80.5 cm³/mol. The van der Waals surface area contributed by atoms with E-state index in [1.54, 1.807) is 0 Å². The van der Waals surface area contributed by atoms with Gasteiger partial charge < -0.3 is 5.32 Å². The fraction of sp³-hybridized carbons (Fsp3) is 0.294. The first kappa shape index (κ1) is 12.7. The molecule has 2 heteroatoms. The molecule has 98 valence electrons. The summed E-state index contributed by atoms with van der Waals surface area (Å²) < 4.78 is 0. The summed E-state index contributed by atoms with van der Waals surface area (Å²) in [6.07, 6.45) is 2.34. The van der Waals surface area contributed by atoms with Gasteiger partial charge in [0.2, 0.25) is 0 Å². The van der Waals surface area contributed by atoms with Gasteiger partial charge in [0.15, 0.2) is 0 Å². The highest BCUT2D eigenvalue weighted by molar-refractivity contribution is 6.31. The minimum Gasteiger partial charge on any atom is -0.303 e. The lowest BCUT2D eigenvalue weighted by molar-refractivity contribution is 0.465. The molecular weight excluding hydrogens is 254 g/mol. The molecule has 0 aromatic heterocycles.